The molecule has 0 fully saturated rings. The van der Waals surface area contributed by atoms with Crippen molar-refractivity contribution in [2.45, 2.75) is 26.2 Å². The molecule has 0 bridgehead atoms. The summed E-state index contributed by atoms with van der Waals surface area (Å²) in [6.07, 6.45) is 0. The number of carbonyl (C=O) groups excluding carboxylic acids is 1. The fourth-order valence-electron chi connectivity index (χ4n) is 1.24. The second-order valence-corrected chi connectivity index (χ2v) is 5.04. The number of nitrogens with two attached hydrogens (primary N) is 1. The fourth-order valence-corrected chi connectivity index (χ4v) is 2.26. The number of methoxy groups -OCH3 is 1. The molecule has 0 radical (unpaired) electrons. The fraction of sp³-hybridized carbons (Fsp3) is 0.500. The number of rotatable bonds is 1. The molecule has 1 rings (SSSR count). The van der Waals surface area contributed by atoms with Gasteiger partial charge in [-0.1, -0.05) is 20.8 Å². The number of nitrogen functional groups attached to an aromatic ring is 1. The van der Waals surface area contributed by atoms with E-state index in [-0.39, 0.29) is 11.4 Å². The molecule has 0 aliphatic carbocycles. The average molecular weight is 213 g/mol. The van der Waals surface area contributed by atoms with E-state index in [0.717, 1.165) is 5.56 Å². The van der Waals surface area contributed by atoms with E-state index in [1.807, 2.05) is 26.2 Å². The number of hydrogen-bond acceptors (Lipinski definition) is 4. The molecule has 0 spiro atoms. The summed E-state index contributed by atoms with van der Waals surface area (Å²) in [5.74, 6) is -0.353. The first-order valence-electron chi connectivity index (χ1n) is 4.33. The average Bonchev–Trinajstić information content (AvgIpc) is 2.45. The molecular formula is C10H15NO2S. The largest absolute Gasteiger partial charge is 0.465 e. The number of esters is 1. The predicted molar refractivity (Wildman–Crippen MR) is 58.8 cm³/mol. The highest BCUT2D eigenvalue weighted by atomic mass is 32.1. The predicted octanol–water partition coefficient (Wildman–Crippen LogP) is 2.41. The molecule has 1 aromatic rings. The summed E-state index contributed by atoms with van der Waals surface area (Å²) >= 11 is 1.38. The van der Waals surface area contributed by atoms with Gasteiger partial charge < -0.3 is 10.5 Å². The molecule has 0 aromatic carbocycles. The minimum absolute atomic E-state index is 0.0857. The third-order valence-corrected chi connectivity index (χ3v) is 2.83. The van der Waals surface area contributed by atoms with E-state index in [1.54, 1.807) is 0 Å². The van der Waals surface area contributed by atoms with E-state index in [2.05, 4.69) is 0 Å². The highest BCUT2D eigenvalue weighted by Gasteiger charge is 2.25. The zero-order chi connectivity index (χ0) is 10.9. The lowest BCUT2D eigenvalue weighted by Crippen LogP contribution is -2.16. The monoisotopic (exact) mass is 213 g/mol. The molecule has 78 valence electrons. The highest BCUT2D eigenvalue weighted by molar-refractivity contribution is 7.14. The third kappa shape index (κ3) is 1.90. The summed E-state index contributed by atoms with van der Waals surface area (Å²) in [5, 5.41) is 2.45. The van der Waals surface area contributed by atoms with Crippen LogP contribution in [0.1, 0.15) is 36.7 Å². The van der Waals surface area contributed by atoms with Crippen LogP contribution in [0.4, 0.5) is 5.00 Å². The van der Waals surface area contributed by atoms with E-state index >= 15 is 0 Å². The van der Waals surface area contributed by atoms with Crippen molar-refractivity contribution in [2.75, 3.05) is 12.8 Å². The third-order valence-electron chi connectivity index (χ3n) is 2.02. The summed E-state index contributed by atoms with van der Waals surface area (Å²) in [5.41, 5.74) is 7.12. The van der Waals surface area contributed by atoms with Gasteiger partial charge in [0, 0.05) is 0 Å². The van der Waals surface area contributed by atoms with Gasteiger partial charge in [-0.15, -0.1) is 11.3 Å². The zero-order valence-electron chi connectivity index (χ0n) is 8.88. The number of carbonyl (C=O) groups is 1. The van der Waals surface area contributed by atoms with Crippen LogP contribution < -0.4 is 5.73 Å². The maximum absolute atomic E-state index is 11.5. The Balaban J connectivity index is 3.26. The lowest BCUT2D eigenvalue weighted by atomic mass is 9.86. The first-order chi connectivity index (χ1) is 6.38. The first-order valence-corrected chi connectivity index (χ1v) is 5.21. The quantitative estimate of drug-likeness (QED) is 0.729. The topological polar surface area (TPSA) is 52.3 Å². The zero-order valence-corrected chi connectivity index (χ0v) is 9.70. The van der Waals surface area contributed by atoms with Gasteiger partial charge in [0.05, 0.1) is 12.7 Å². The Bertz CT molecular complexity index is 349. The molecule has 2 N–H and O–H groups in total. The Morgan fingerprint density at radius 1 is 1.50 bits per heavy atom. The van der Waals surface area contributed by atoms with E-state index in [9.17, 15) is 4.79 Å². The molecule has 1 heterocycles. The van der Waals surface area contributed by atoms with Gasteiger partial charge in [0.1, 0.15) is 5.00 Å². The van der Waals surface area contributed by atoms with Crippen LogP contribution in [0.15, 0.2) is 5.38 Å². The van der Waals surface area contributed by atoms with Crippen molar-refractivity contribution in [3.63, 3.8) is 0 Å². The maximum Gasteiger partial charge on any atom is 0.341 e. The molecule has 14 heavy (non-hydrogen) atoms. The number of anilines is 1. The van der Waals surface area contributed by atoms with Crippen LogP contribution in [0.3, 0.4) is 0 Å². The summed E-state index contributed by atoms with van der Waals surface area (Å²) in [6.45, 7) is 6.13. The molecule has 3 nitrogen and oxygen atoms in total. The highest BCUT2D eigenvalue weighted by Crippen LogP contribution is 2.34. The van der Waals surface area contributed by atoms with Crippen LogP contribution in [0, 0.1) is 0 Å². The Labute approximate surface area is 87.9 Å². The molecule has 4 heteroatoms. The van der Waals surface area contributed by atoms with Crippen LogP contribution in [-0.2, 0) is 10.2 Å². The SMILES string of the molecule is COC(=O)c1c(C(C)(C)C)csc1N. The Kier molecular flexibility index (Phi) is 2.85. The van der Waals surface area contributed by atoms with Gasteiger partial charge in [0.15, 0.2) is 0 Å². The molecule has 0 saturated heterocycles. The second-order valence-electron chi connectivity index (χ2n) is 4.13. The van der Waals surface area contributed by atoms with E-state index < -0.39 is 0 Å². The van der Waals surface area contributed by atoms with Crippen molar-refractivity contribution >= 4 is 22.3 Å². The van der Waals surface area contributed by atoms with Crippen LogP contribution in [-0.4, -0.2) is 13.1 Å². The molecule has 0 saturated carbocycles. The molecule has 1 aromatic heterocycles. The normalized spacial score (nSPS) is 11.4. The lowest BCUT2D eigenvalue weighted by molar-refractivity contribution is 0.0600. The second kappa shape index (κ2) is 3.61. The minimum atomic E-state index is -0.353. The van der Waals surface area contributed by atoms with Gasteiger partial charge in [-0.2, -0.15) is 0 Å². The Morgan fingerprint density at radius 3 is 2.50 bits per heavy atom. The van der Waals surface area contributed by atoms with Crippen molar-refractivity contribution in [1.82, 2.24) is 0 Å². The molecule has 0 aliphatic rings. The first kappa shape index (κ1) is 11.0. The Hall–Kier alpha value is -1.03. The van der Waals surface area contributed by atoms with Crippen molar-refractivity contribution < 1.29 is 9.53 Å². The number of thiophene rings is 1. The van der Waals surface area contributed by atoms with Crippen LogP contribution >= 0.6 is 11.3 Å². The number of hydrogen-bond donors (Lipinski definition) is 1. The van der Waals surface area contributed by atoms with Gasteiger partial charge in [0.2, 0.25) is 0 Å². The van der Waals surface area contributed by atoms with Crippen molar-refractivity contribution in [3.05, 3.63) is 16.5 Å². The summed E-state index contributed by atoms with van der Waals surface area (Å²) < 4.78 is 4.70. The van der Waals surface area contributed by atoms with Gasteiger partial charge in [0.25, 0.3) is 0 Å². The molecule has 0 amide bonds. The van der Waals surface area contributed by atoms with Gasteiger partial charge in [-0.3, -0.25) is 0 Å². The van der Waals surface area contributed by atoms with E-state index in [0.29, 0.717) is 10.6 Å². The summed E-state index contributed by atoms with van der Waals surface area (Å²) in [7, 11) is 1.37. The Morgan fingerprint density at radius 2 is 2.07 bits per heavy atom. The number of ether oxygens (including phenoxy) is 1. The maximum atomic E-state index is 11.5. The van der Waals surface area contributed by atoms with Gasteiger partial charge >= 0.3 is 5.97 Å². The van der Waals surface area contributed by atoms with Gasteiger partial charge in [-0.05, 0) is 16.4 Å². The lowest BCUT2D eigenvalue weighted by Gasteiger charge is -2.18. The van der Waals surface area contributed by atoms with E-state index in [4.69, 9.17) is 10.5 Å². The molecule has 0 atom stereocenters. The van der Waals surface area contributed by atoms with Crippen LogP contribution in [0.5, 0.6) is 0 Å². The standard InChI is InChI=1S/C10H15NO2S/c1-10(2,3)6-5-14-8(11)7(6)9(12)13-4/h5H,11H2,1-4H3. The van der Waals surface area contributed by atoms with Crippen LogP contribution in [0.25, 0.3) is 0 Å². The van der Waals surface area contributed by atoms with Crippen molar-refractivity contribution in [3.8, 4) is 0 Å². The smallest absolute Gasteiger partial charge is 0.341 e. The van der Waals surface area contributed by atoms with Crippen LogP contribution in [0.2, 0.25) is 0 Å². The van der Waals surface area contributed by atoms with E-state index in [1.165, 1.54) is 18.4 Å². The van der Waals surface area contributed by atoms with Gasteiger partial charge in [-0.25, -0.2) is 4.79 Å². The molecule has 0 aliphatic heterocycles. The summed E-state index contributed by atoms with van der Waals surface area (Å²) in [4.78, 5) is 11.5. The van der Waals surface area contributed by atoms with Crippen molar-refractivity contribution in [1.29, 1.82) is 0 Å². The molecule has 0 unspecified atom stereocenters. The molecular weight excluding hydrogens is 198 g/mol. The van der Waals surface area contributed by atoms with Crippen molar-refractivity contribution in [2.24, 2.45) is 0 Å². The minimum Gasteiger partial charge on any atom is -0.465 e. The summed E-state index contributed by atoms with van der Waals surface area (Å²) in [6, 6.07) is 0.